The molecule has 0 amide bonds. The zero-order valence-electron chi connectivity index (χ0n) is 14.2. The fourth-order valence-electron chi connectivity index (χ4n) is 3.29. The molecule has 3 nitrogen and oxygen atoms in total. The number of benzene rings is 2. The van der Waals surface area contributed by atoms with Gasteiger partial charge in [-0.05, 0) is 49.2 Å². The molecule has 0 spiro atoms. The van der Waals surface area contributed by atoms with E-state index in [-0.39, 0.29) is 5.56 Å². The fourth-order valence-corrected chi connectivity index (χ4v) is 3.29. The van der Waals surface area contributed by atoms with Crippen molar-refractivity contribution >= 4 is 21.9 Å². The van der Waals surface area contributed by atoms with E-state index in [9.17, 15) is 9.65 Å². The average molecular weight is 331 g/mol. The number of nitrogens with zero attached hydrogens (tertiary/aromatic N) is 2. The highest BCUT2D eigenvalue weighted by Crippen LogP contribution is 2.35. The Morgan fingerprint density at radius 3 is 2.64 bits per heavy atom. The molecule has 0 radical (unpaired) electrons. The highest BCUT2D eigenvalue weighted by atomic mass is 19.1. The van der Waals surface area contributed by atoms with Gasteiger partial charge in [0.1, 0.15) is 30.1 Å². The van der Waals surface area contributed by atoms with Crippen LogP contribution in [0, 0.1) is 31.0 Å². The molecule has 2 aromatic carbocycles. The summed E-state index contributed by atoms with van der Waals surface area (Å²) < 4.78 is 21.8. The second kappa shape index (κ2) is 5.42. The zero-order valence-corrected chi connectivity index (χ0v) is 14.2. The molecule has 0 bridgehead atoms. The summed E-state index contributed by atoms with van der Waals surface area (Å²) in [6.07, 6.45) is 2.03. The third-order valence-electron chi connectivity index (χ3n) is 4.63. The molecule has 25 heavy (non-hydrogen) atoms. The number of hydrogen-bond donors (Lipinski definition) is 0. The molecular weight excluding hydrogens is 315 g/mol. The van der Waals surface area contributed by atoms with E-state index in [4.69, 9.17) is 4.42 Å². The second-order valence-corrected chi connectivity index (χ2v) is 6.38. The molecule has 0 unspecified atom stereocenters. The Kier molecular flexibility index (Phi) is 3.33. The molecule has 0 aliphatic heterocycles. The maximum absolute atomic E-state index is 13.9. The van der Waals surface area contributed by atoms with Crippen LogP contribution in [0.25, 0.3) is 33.2 Å². The lowest BCUT2D eigenvalue weighted by Crippen LogP contribution is -2.30. The van der Waals surface area contributed by atoms with Gasteiger partial charge in [-0.15, -0.1) is 0 Å². The number of aryl methyl sites for hydroxylation is 3. The monoisotopic (exact) mass is 331 g/mol. The summed E-state index contributed by atoms with van der Waals surface area (Å²) in [6, 6.07) is 13.1. The smallest absolute Gasteiger partial charge is 0.212 e. The molecule has 0 fully saturated rings. The lowest BCUT2D eigenvalue weighted by molar-refractivity contribution is -0.660. The predicted octanol–water partition coefficient (Wildman–Crippen LogP) is 4.71. The number of aromatic nitrogens is 1. The maximum atomic E-state index is 13.9. The third kappa shape index (κ3) is 2.28. The lowest BCUT2D eigenvalue weighted by atomic mass is 10.00. The van der Waals surface area contributed by atoms with Crippen molar-refractivity contribution in [3.8, 4) is 17.3 Å². The van der Waals surface area contributed by atoms with E-state index in [2.05, 4.69) is 29.7 Å². The van der Waals surface area contributed by atoms with Crippen LogP contribution in [0.3, 0.4) is 0 Å². The Balaban J connectivity index is 2.09. The van der Waals surface area contributed by atoms with E-state index in [0.29, 0.717) is 11.2 Å². The van der Waals surface area contributed by atoms with Gasteiger partial charge < -0.3 is 4.42 Å². The summed E-state index contributed by atoms with van der Waals surface area (Å²) >= 11 is 0. The van der Waals surface area contributed by atoms with Gasteiger partial charge in [0, 0.05) is 28.5 Å². The molecule has 122 valence electrons. The van der Waals surface area contributed by atoms with Gasteiger partial charge in [0.05, 0.1) is 0 Å². The molecule has 0 aliphatic carbocycles. The van der Waals surface area contributed by atoms with Gasteiger partial charge in [-0.2, -0.15) is 5.26 Å². The molecule has 0 N–H and O–H groups in total. The van der Waals surface area contributed by atoms with E-state index in [1.807, 2.05) is 32.3 Å². The van der Waals surface area contributed by atoms with Gasteiger partial charge in [-0.3, -0.25) is 0 Å². The highest BCUT2D eigenvalue weighted by molar-refractivity contribution is 6.08. The lowest BCUT2D eigenvalue weighted by Gasteiger charge is -2.05. The van der Waals surface area contributed by atoms with Gasteiger partial charge in [0.25, 0.3) is 0 Å². The molecule has 0 atom stereocenters. The third-order valence-corrected chi connectivity index (χ3v) is 4.63. The first-order chi connectivity index (χ1) is 12.0. The normalized spacial score (nSPS) is 11.2. The first-order valence-electron chi connectivity index (χ1n) is 8.01. The van der Waals surface area contributed by atoms with Crippen molar-refractivity contribution in [3.05, 3.63) is 65.1 Å². The first-order valence-corrected chi connectivity index (χ1v) is 8.01. The van der Waals surface area contributed by atoms with E-state index >= 15 is 0 Å². The Morgan fingerprint density at radius 1 is 1.08 bits per heavy atom. The van der Waals surface area contributed by atoms with Crippen molar-refractivity contribution in [2.45, 2.75) is 13.8 Å². The topological polar surface area (TPSA) is 40.8 Å². The second-order valence-electron chi connectivity index (χ2n) is 6.38. The summed E-state index contributed by atoms with van der Waals surface area (Å²) in [5.41, 5.74) is 5.34. The minimum absolute atomic E-state index is 0.0472. The van der Waals surface area contributed by atoms with E-state index in [1.54, 1.807) is 6.07 Å². The van der Waals surface area contributed by atoms with Crippen molar-refractivity contribution in [2.24, 2.45) is 7.05 Å². The molecule has 4 aromatic rings. The van der Waals surface area contributed by atoms with Crippen LogP contribution in [-0.2, 0) is 7.05 Å². The van der Waals surface area contributed by atoms with Gasteiger partial charge >= 0.3 is 0 Å². The number of halogens is 1. The molecule has 2 aromatic heterocycles. The number of fused-ring (bicyclic) bond motifs is 3. The highest BCUT2D eigenvalue weighted by Gasteiger charge is 2.19. The largest absolute Gasteiger partial charge is 0.455 e. The maximum Gasteiger partial charge on any atom is 0.212 e. The number of nitriles is 1. The number of pyridine rings is 1. The standard InChI is InChI=1S/C21H16FN2O/c1-12-6-7-24(3)19(8-12)15-10-16-14-4-5-18(22)17(11-23)21(14)25-20(16)9-13(15)2/h4-10H,1-3H3/q+1. The minimum atomic E-state index is -0.559. The van der Waals surface area contributed by atoms with Crippen molar-refractivity contribution in [1.29, 1.82) is 5.26 Å². The van der Waals surface area contributed by atoms with Crippen molar-refractivity contribution in [2.75, 3.05) is 0 Å². The zero-order chi connectivity index (χ0) is 17.7. The summed E-state index contributed by atoms with van der Waals surface area (Å²) in [7, 11) is 2.01. The summed E-state index contributed by atoms with van der Waals surface area (Å²) in [5, 5.41) is 10.9. The minimum Gasteiger partial charge on any atom is -0.455 e. The summed E-state index contributed by atoms with van der Waals surface area (Å²) in [4.78, 5) is 0. The van der Waals surface area contributed by atoms with Crippen LogP contribution in [0.4, 0.5) is 4.39 Å². The van der Waals surface area contributed by atoms with Crippen LogP contribution in [-0.4, -0.2) is 0 Å². The van der Waals surface area contributed by atoms with Crippen molar-refractivity contribution in [1.82, 2.24) is 0 Å². The number of hydrogen-bond acceptors (Lipinski definition) is 2. The van der Waals surface area contributed by atoms with Gasteiger partial charge in [0.2, 0.25) is 5.69 Å². The summed E-state index contributed by atoms with van der Waals surface area (Å²) in [6.45, 7) is 4.09. The van der Waals surface area contributed by atoms with Crippen LogP contribution in [0.15, 0.2) is 47.0 Å². The fraction of sp³-hybridized carbons (Fsp3) is 0.143. The molecule has 2 heterocycles. The van der Waals surface area contributed by atoms with Gasteiger partial charge in [0.15, 0.2) is 11.8 Å². The summed E-state index contributed by atoms with van der Waals surface area (Å²) in [5.74, 6) is -0.559. The quantitative estimate of drug-likeness (QED) is 0.474. The Hall–Kier alpha value is -3.19. The van der Waals surface area contributed by atoms with Crippen LogP contribution >= 0.6 is 0 Å². The van der Waals surface area contributed by atoms with Crippen molar-refractivity contribution in [3.63, 3.8) is 0 Å². The Bertz CT molecular complexity index is 1200. The van der Waals surface area contributed by atoms with Gasteiger partial charge in [-0.25, -0.2) is 8.96 Å². The molecule has 4 heteroatoms. The van der Waals surface area contributed by atoms with E-state index < -0.39 is 5.82 Å². The molecule has 0 saturated carbocycles. The van der Waals surface area contributed by atoms with E-state index in [1.165, 1.54) is 11.6 Å². The molecule has 4 rings (SSSR count). The Labute approximate surface area is 144 Å². The van der Waals surface area contributed by atoms with Crippen LogP contribution in [0.5, 0.6) is 0 Å². The SMILES string of the molecule is Cc1cc[n+](C)c(-c2cc3c(cc2C)oc2c(C#N)c(F)ccc23)c1. The number of rotatable bonds is 1. The first kappa shape index (κ1) is 15.3. The van der Waals surface area contributed by atoms with Crippen molar-refractivity contribution < 1.29 is 13.4 Å². The molecular formula is C21H16FN2O+. The van der Waals surface area contributed by atoms with Gasteiger partial charge in [-0.1, -0.05) is 0 Å². The molecule has 0 saturated heterocycles. The van der Waals surface area contributed by atoms with E-state index in [0.717, 1.165) is 27.6 Å². The number of furan rings is 1. The predicted molar refractivity (Wildman–Crippen MR) is 94.5 cm³/mol. The van der Waals surface area contributed by atoms with Crippen LogP contribution in [0.1, 0.15) is 16.7 Å². The van der Waals surface area contributed by atoms with Crippen LogP contribution < -0.4 is 4.57 Å². The molecule has 0 aliphatic rings. The Morgan fingerprint density at radius 2 is 1.88 bits per heavy atom. The van der Waals surface area contributed by atoms with Crippen LogP contribution in [0.2, 0.25) is 0 Å². The average Bonchev–Trinajstić information content (AvgIpc) is 2.93.